The number of likely N-dealkylation sites (tertiary alicyclic amines) is 2. The molecule has 4 heterocycles. The minimum absolute atomic E-state index is 0.00896. The lowest BCUT2D eigenvalue weighted by Gasteiger charge is -2.42. The number of nitrogens with one attached hydrogen (secondary N) is 2. The van der Waals surface area contributed by atoms with Crippen LogP contribution in [0, 0.1) is 5.41 Å². The maximum absolute atomic E-state index is 11.8. The Bertz CT molecular complexity index is 1260. The van der Waals surface area contributed by atoms with Gasteiger partial charge in [0.05, 0.1) is 19.1 Å². The molecule has 5 rings (SSSR count). The summed E-state index contributed by atoms with van der Waals surface area (Å²) in [7, 11) is 0. The number of benzene rings is 1. The molecule has 2 fully saturated rings. The van der Waals surface area contributed by atoms with Gasteiger partial charge in [0.25, 0.3) is 0 Å². The van der Waals surface area contributed by atoms with E-state index in [0.717, 1.165) is 54.7 Å². The summed E-state index contributed by atoms with van der Waals surface area (Å²) in [5.41, 5.74) is 2.66. The van der Waals surface area contributed by atoms with Gasteiger partial charge in [-0.2, -0.15) is 0 Å². The van der Waals surface area contributed by atoms with Crippen molar-refractivity contribution in [2.24, 2.45) is 5.41 Å². The van der Waals surface area contributed by atoms with Crippen molar-refractivity contribution >= 4 is 5.97 Å². The van der Waals surface area contributed by atoms with E-state index in [-0.39, 0.29) is 12.0 Å². The second-order valence-electron chi connectivity index (χ2n) is 12.8. The molecule has 0 aliphatic carbocycles. The molecule has 240 valence electrons. The van der Waals surface area contributed by atoms with Crippen LogP contribution in [-0.4, -0.2) is 80.7 Å². The van der Waals surface area contributed by atoms with Crippen LogP contribution in [0.4, 0.5) is 0 Å². The summed E-state index contributed by atoms with van der Waals surface area (Å²) >= 11 is 0. The zero-order valence-electron chi connectivity index (χ0n) is 27.1. The van der Waals surface area contributed by atoms with Crippen molar-refractivity contribution < 1.29 is 9.53 Å². The number of rotatable bonds is 16. The van der Waals surface area contributed by atoms with E-state index in [4.69, 9.17) is 9.72 Å². The number of piperidine rings is 1. The Balaban J connectivity index is 1.10. The lowest BCUT2D eigenvalue weighted by atomic mass is 9.77. The number of hydrogen-bond donors (Lipinski definition) is 2. The first-order valence-electron chi connectivity index (χ1n) is 16.9. The van der Waals surface area contributed by atoms with Crippen molar-refractivity contribution in [3.63, 3.8) is 0 Å². The molecular weight excluding hydrogens is 550 g/mol. The topological polar surface area (TPSA) is 91.3 Å². The van der Waals surface area contributed by atoms with E-state index in [9.17, 15) is 4.79 Å². The average molecular weight is 604 g/mol. The van der Waals surface area contributed by atoms with Crippen LogP contribution in [0.5, 0.6) is 0 Å². The number of imidazole rings is 2. The van der Waals surface area contributed by atoms with Crippen molar-refractivity contribution in [3.8, 4) is 0 Å². The highest BCUT2D eigenvalue weighted by Gasteiger charge is 2.40. The molecule has 0 radical (unpaired) electrons. The van der Waals surface area contributed by atoms with Crippen molar-refractivity contribution in [1.82, 2.24) is 34.6 Å². The lowest BCUT2D eigenvalue weighted by Crippen LogP contribution is -2.45. The smallest absolute Gasteiger partial charge is 0.310 e. The van der Waals surface area contributed by atoms with Gasteiger partial charge >= 0.3 is 5.97 Å². The van der Waals surface area contributed by atoms with Gasteiger partial charge in [-0.1, -0.05) is 38.1 Å². The summed E-state index contributed by atoms with van der Waals surface area (Å²) < 4.78 is 7.39. The molecule has 2 aliphatic rings. The van der Waals surface area contributed by atoms with Crippen molar-refractivity contribution in [3.05, 3.63) is 71.8 Å². The number of aromatic amines is 1. The van der Waals surface area contributed by atoms with E-state index >= 15 is 0 Å². The third-order valence-corrected chi connectivity index (χ3v) is 9.98. The standard InChI is InChI=1S/C35H53N7O2/c1-4-30(5-2)41-21-13-35(14-22-41)12-20-40(27-35)18-7-19-42-23-17-36-32(42)25-31(34-37-15-16-38-34)39-26-29-10-8-28(9-11-29)24-33(43)44-6-3/h8-11,15-17,23,30-31,39H,4-7,12-14,18-22,24-27H2,1-3H3,(H,37,38). The number of nitrogens with zero attached hydrogens (tertiary/aromatic N) is 5. The maximum atomic E-state index is 11.8. The van der Waals surface area contributed by atoms with Crippen molar-refractivity contribution in [2.45, 2.75) is 97.3 Å². The Morgan fingerprint density at radius 1 is 1.00 bits per heavy atom. The summed E-state index contributed by atoms with van der Waals surface area (Å²) in [4.78, 5) is 29.9. The zero-order valence-corrected chi connectivity index (χ0v) is 27.1. The molecule has 2 N–H and O–H groups in total. The van der Waals surface area contributed by atoms with Gasteiger partial charge in [0.2, 0.25) is 0 Å². The highest BCUT2D eigenvalue weighted by Crippen LogP contribution is 2.41. The van der Waals surface area contributed by atoms with E-state index in [1.807, 2.05) is 31.5 Å². The molecule has 9 nitrogen and oxygen atoms in total. The van der Waals surface area contributed by atoms with Crippen LogP contribution < -0.4 is 5.32 Å². The van der Waals surface area contributed by atoms with Gasteiger partial charge in [0.15, 0.2) is 0 Å². The fraction of sp³-hybridized carbons (Fsp3) is 0.629. The fourth-order valence-electron chi connectivity index (χ4n) is 7.30. The van der Waals surface area contributed by atoms with Gasteiger partial charge in [-0.15, -0.1) is 0 Å². The van der Waals surface area contributed by atoms with Crippen LogP contribution >= 0.6 is 0 Å². The van der Waals surface area contributed by atoms with Gasteiger partial charge in [-0.25, -0.2) is 9.97 Å². The summed E-state index contributed by atoms with van der Waals surface area (Å²) in [5, 5.41) is 3.69. The SMILES string of the molecule is CCOC(=O)Cc1ccc(CNC(Cc2nccn2CCCN2CCC3(CCN(C(CC)CC)CC3)C2)c2ncc[nH]2)cc1. The molecule has 0 bridgehead atoms. The molecule has 9 heteroatoms. The molecule has 44 heavy (non-hydrogen) atoms. The van der Waals surface area contributed by atoms with E-state index in [1.165, 1.54) is 58.3 Å². The number of carbonyl (C=O) groups is 1. The van der Waals surface area contributed by atoms with Gasteiger partial charge in [-0.3, -0.25) is 4.79 Å². The Labute approximate surface area is 263 Å². The van der Waals surface area contributed by atoms with Crippen LogP contribution in [-0.2, 0) is 35.5 Å². The molecule has 2 aliphatic heterocycles. The van der Waals surface area contributed by atoms with Gasteiger partial charge in [-0.05, 0) is 88.2 Å². The van der Waals surface area contributed by atoms with Gasteiger partial charge in [0, 0.05) is 56.9 Å². The van der Waals surface area contributed by atoms with Crippen molar-refractivity contribution in [1.29, 1.82) is 0 Å². The monoisotopic (exact) mass is 603 g/mol. The first kappa shape index (κ1) is 32.4. The Kier molecular flexibility index (Phi) is 11.6. The number of hydrogen-bond acceptors (Lipinski definition) is 7. The third-order valence-electron chi connectivity index (χ3n) is 9.98. The Morgan fingerprint density at radius 2 is 1.75 bits per heavy atom. The maximum Gasteiger partial charge on any atom is 0.310 e. The number of aryl methyl sites for hydroxylation is 1. The van der Waals surface area contributed by atoms with E-state index < -0.39 is 0 Å². The molecule has 2 saturated heterocycles. The highest BCUT2D eigenvalue weighted by molar-refractivity contribution is 5.72. The van der Waals surface area contributed by atoms with Crippen LogP contribution in [0.25, 0.3) is 0 Å². The summed E-state index contributed by atoms with van der Waals surface area (Å²) in [6.07, 6.45) is 16.6. The minimum atomic E-state index is -0.190. The summed E-state index contributed by atoms with van der Waals surface area (Å²) in [5.74, 6) is 1.80. The zero-order chi connectivity index (χ0) is 30.8. The minimum Gasteiger partial charge on any atom is -0.466 e. The molecule has 3 aromatic rings. The second kappa shape index (κ2) is 15.8. The van der Waals surface area contributed by atoms with Crippen LogP contribution in [0.1, 0.15) is 88.1 Å². The van der Waals surface area contributed by atoms with E-state index in [1.54, 1.807) is 6.20 Å². The van der Waals surface area contributed by atoms with E-state index in [2.05, 4.69) is 61.8 Å². The molecule has 0 amide bonds. The molecule has 1 unspecified atom stereocenters. The molecule has 1 atom stereocenters. The lowest BCUT2D eigenvalue weighted by molar-refractivity contribution is -0.142. The first-order valence-corrected chi connectivity index (χ1v) is 16.9. The second-order valence-corrected chi connectivity index (χ2v) is 12.8. The Hall–Kier alpha value is -3.01. The predicted octanol–water partition coefficient (Wildman–Crippen LogP) is 5.15. The number of esters is 1. The van der Waals surface area contributed by atoms with Gasteiger partial charge < -0.3 is 29.4 Å². The van der Waals surface area contributed by atoms with Crippen LogP contribution in [0.2, 0.25) is 0 Å². The normalized spacial score (nSPS) is 17.9. The molecule has 1 spiro atoms. The largest absolute Gasteiger partial charge is 0.466 e. The molecule has 1 aromatic carbocycles. The predicted molar refractivity (Wildman–Crippen MR) is 174 cm³/mol. The average Bonchev–Trinajstić information content (AvgIpc) is 3.81. The van der Waals surface area contributed by atoms with Crippen molar-refractivity contribution in [2.75, 3.05) is 39.3 Å². The van der Waals surface area contributed by atoms with Gasteiger partial charge in [0.1, 0.15) is 11.6 Å². The summed E-state index contributed by atoms with van der Waals surface area (Å²) in [6.45, 7) is 14.8. The first-order chi connectivity index (χ1) is 21.5. The summed E-state index contributed by atoms with van der Waals surface area (Å²) in [6, 6.07) is 8.92. The third kappa shape index (κ3) is 8.58. The molecule has 0 saturated carbocycles. The molecular formula is C35H53N7O2. The van der Waals surface area contributed by atoms with E-state index in [0.29, 0.717) is 25.0 Å². The number of carbonyl (C=O) groups excluding carboxylic acids is 1. The number of ether oxygens (including phenoxy) is 1. The van der Waals surface area contributed by atoms with Crippen LogP contribution in [0.15, 0.2) is 49.1 Å². The van der Waals surface area contributed by atoms with Crippen LogP contribution in [0.3, 0.4) is 0 Å². The molecule has 2 aromatic heterocycles. The quantitative estimate of drug-likeness (QED) is 0.219. The Morgan fingerprint density at radius 3 is 2.45 bits per heavy atom. The fourth-order valence-corrected chi connectivity index (χ4v) is 7.30. The number of H-pyrrole nitrogens is 1. The highest BCUT2D eigenvalue weighted by atomic mass is 16.5. The number of aromatic nitrogens is 4.